The van der Waals surface area contributed by atoms with Crippen LogP contribution in [0.1, 0.15) is 0 Å². The first kappa shape index (κ1) is 8.01. The lowest BCUT2D eigenvalue weighted by Gasteiger charge is -2.08. The smallest absolute Gasteiger partial charge is 0.204 e. The van der Waals surface area contributed by atoms with Crippen LogP contribution in [-0.2, 0) is 0 Å². The summed E-state index contributed by atoms with van der Waals surface area (Å²) >= 11 is 4.33. The van der Waals surface area contributed by atoms with E-state index in [2.05, 4.69) is 11.6 Å². The molecular weight excluding hydrogens is 147 g/mol. The van der Waals surface area contributed by atoms with Gasteiger partial charge in [-0.2, -0.15) is 8.78 Å². The maximum atomic E-state index is 11.3. The van der Waals surface area contributed by atoms with Crippen molar-refractivity contribution < 1.29 is 17.6 Å². The van der Waals surface area contributed by atoms with Gasteiger partial charge in [-0.05, 0) is 0 Å². The normalized spacial score (nSPS) is 12.8. The minimum absolute atomic E-state index is 0.350. The van der Waals surface area contributed by atoms with E-state index >= 15 is 0 Å². The molecule has 0 N–H and O–H groups in total. The highest BCUT2D eigenvalue weighted by molar-refractivity contribution is 6.23. The second kappa shape index (κ2) is 2.53. The summed E-state index contributed by atoms with van der Waals surface area (Å²) in [6.07, 6.45) is -3.71. The van der Waals surface area contributed by atoms with Crippen molar-refractivity contribution in [2.45, 2.75) is 12.3 Å². The zero-order chi connectivity index (χ0) is 6.78. The van der Waals surface area contributed by atoms with Crippen LogP contribution >= 0.6 is 11.6 Å². The lowest BCUT2D eigenvalue weighted by molar-refractivity contribution is -0.0968. The number of hydrogen-bond acceptors (Lipinski definition) is 0. The summed E-state index contributed by atoms with van der Waals surface area (Å²) in [7, 11) is 0. The van der Waals surface area contributed by atoms with Crippen molar-refractivity contribution in [3.8, 4) is 0 Å². The van der Waals surface area contributed by atoms with E-state index in [-0.39, 0.29) is 5.88 Å². The van der Waals surface area contributed by atoms with E-state index < -0.39 is 12.3 Å². The Bertz CT molecular complexity index is 71.7. The first-order valence-electron chi connectivity index (χ1n) is 1.61. The highest BCUT2D eigenvalue weighted by Gasteiger charge is 2.39. The molecule has 0 aliphatic heterocycles. The fourth-order valence-electron chi connectivity index (χ4n) is 0.0476. The van der Waals surface area contributed by atoms with E-state index in [0.29, 0.717) is 0 Å². The first-order valence-corrected chi connectivity index (χ1v) is 2.05. The minimum atomic E-state index is -4.15. The summed E-state index contributed by atoms with van der Waals surface area (Å²) in [5.41, 5.74) is 0. The van der Waals surface area contributed by atoms with Crippen molar-refractivity contribution in [3.05, 3.63) is 5.88 Å². The molecule has 0 nitrogen and oxygen atoms in total. The summed E-state index contributed by atoms with van der Waals surface area (Å²) < 4.78 is 44.6. The van der Waals surface area contributed by atoms with E-state index in [1.54, 1.807) is 0 Å². The Kier molecular flexibility index (Phi) is 2.53. The van der Waals surface area contributed by atoms with Crippen molar-refractivity contribution in [2.75, 3.05) is 0 Å². The van der Waals surface area contributed by atoms with Gasteiger partial charge in [0.15, 0.2) is 0 Å². The van der Waals surface area contributed by atoms with Gasteiger partial charge in [0, 0.05) is 0 Å². The van der Waals surface area contributed by atoms with Crippen molar-refractivity contribution in [1.29, 1.82) is 0 Å². The molecule has 8 heavy (non-hydrogen) atoms. The molecule has 0 amide bonds. The predicted octanol–water partition coefficient (Wildman–Crippen LogP) is 2.29. The van der Waals surface area contributed by atoms with Gasteiger partial charge >= 0.3 is 12.3 Å². The Morgan fingerprint density at radius 2 is 1.75 bits per heavy atom. The molecule has 1 radical (unpaired) electrons. The lowest BCUT2D eigenvalue weighted by Crippen LogP contribution is -2.24. The average Bonchev–Trinajstić information content (AvgIpc) is 1.67. The zero-order valence-electron chi connectivity index (χ0n) is 3.54. The van der Waals surface area contributed by atoms with Crippen molar-refractivity contribution >= 4 is 11.6 Å². The van der Waals surface area contributed by atoms with Gasteiger partial charge in [0.25, 0.3) is 0 Å². The number of hydrogen-bond donors (Lipinski definition) is 0. The van der Waals surface area contributed by atoms with Crippen molar-refractivity contribution in [1.82, 2.24) is 0 Å². The van der Waals surface area contributed by atoms with E-state index in [1.807, 2.05) is 0 Å². The third kappa shape index (κ3) is 1.86. The molecule has 0 saturated heterocycles. The molecule has 49 valence electrons. The molecule has 0 aromatic rings. The SMILES string of the molecule is FC(F)C(F)(F)[CH]Cl. The van der Waals surface area contributed by atoms with Gasteiger partial charge in [-0.1, -0.05) is 0 Å². The first-order chi connectivity index (χ1) is 3.50. The van der Waals surface area contributed by atoms with Crippen LogP contribution in [0.2, 0.25) is 0 Å². The van der Waals surface area contributed by atoms with Gasteiger partial charge in [0.05, 0.1) is 0 Å². The van der Waals surface area contributed by atoms with Crippen LogP contribution in [0.3, 0.4) is 0 Å². The highest BCUT2D eigenvalue weighted by atomic mass is 35.5. The number of halogens is 5. The van der Waals surface area contributed by atoms with Crippen LogP contribution in [0.15, 0.2) is 0 Å². The summed E-state index contributed by atoms with van der Waals surface area (Å²) in [6.45, 7) is 0. The van der Waals surface area contributed by atoms with Gasteiger partial charge in [-0.3, -0.25) is 0 Å². The topological polar surface area (TPSA) is 0 Å². The predicted molar refractivity (Wildman–Crippen MR) is 21.1 cm³/mol. The Hall–Kier alpha value is 0.01000. The molecule has 0 spiro atoms. The van der Waals surface area contributed by atoms with Crippen LogP contribution in [0.25, 0.3) is 0 Å². The highest BCUT2D eigenvalue weighted by Crippen LogP contribution is 2.26. The summed E-state index contributed by atoms with van der Waals surface area (Å²) in [4.78, 5) is 0. The second-order valence-corrected chi connectivity index (χ2v) is 1.30. The molecule has 0 atom stereocenters. The van der Waals surface area contributed by atoms with Crippen molar-refractivity contribution in [3.63, 3.8) is 0 Å². The maximum absolute atomic E-state index is 11.3. The summed E-state index contributed by atoms with van der Waals surface area (Å²) in [5.74, 6) is -4.50. The quantitative estimate of drug-likeness (QED) is 0.529. The molecule has 0 aliphatic rings. The Balaban J connectivity index is 3.71. The molecule has 0 rings (SSSR count). The molecule has 0 bridgehead atoms. The molecule has 0 aromatic heterocycles. The van der Waals surface area contributed by atoms with Crippen LogP contribution in [0, 0.1) is 5.88 Å². The Morgan fingerprint density at radius 1 is 1.38 bits per heavy atom. The van der Waals surface area contributed by atoms with E-state index in [9.17, 15) is 17.6 Å². The fourth-order valence-corrected chi connectivity index (χ4v) is 0.143. The molecule has 0 heterocycles. The summed E-state index contributed by atoms with van der Waals surface area (Å²) in [6, 6.07) is 0. The molecule has 0 unspecified atom stereocenters. The maximum Gasteiger partial charge on any atom is 0.325 e. The van der Waals surface area contributed by atoms with E-state index in [1.165, 1.54) is 0 Å². The third-order valence-corrected chi connectivity index (χ3v) is 0.727. The van der Waals surface area contributed by atoms with Crippen LogP contribution in [-0.4, -0.2) is 12.3 Å². The van der Waals surface area contributed by atoms with Gasteiger partial charge in [-0.25, -0.2) is 8.78 Å². The molecule has 0 aliphatic carbocycles. The number of alkyl halides is 4. The standard InChI is InChI=1S/C3H2ClF4/c4-1-3(7,8)2(5)6/h1-2H. The minimum Gasteiger partial charge on any atom is -0.204 e. The lowest BCUT2D eigenvalue weighted by atomic mass is 10.4. The Labute approximate surface area is 48.4 Å². The van der Waals surface area contributed by atoms with E-state index in [4.69, 9.17) is 0 Å². The largest absolute Gasteiger partial charge is 0.325 e. The molecule has 0 fully saturated rings. The third-order valence-electron chi connectivity index (χ3n) is 0.436. The molecular formula is C3H2ClF4. The van der Waals surface area contributed by atoms with E-state index in [0.717, 1.165) is 0 Å². The average molecular weight is 149 g/mol. The molecule has 0 saturated carbocycles. The van der Waals surface area contributed by atoms with Gasteiger partial charge < -0.3 is 0 Å². The van der Waals surface area contributed by atoms with Gasteiger partial charge in [0.1, 0.15) is 5.88 Å². The molecule has 0 aromatic carbocycles. The summed E-state index contributed by atoms with van der Waals surface area (Å²) in [5, 5.41) is 0. The van der Waals surface area contributed by atoms with Crippen LogP contribution < -0.4 is 0 Å². The Morgan fingerprint density at radius 3 is 1.75 bits per heavy atom. The van der Waals surface area contributed by atoms with Gasteiger partial charge in [-0.15, -0.1) is 11.6 Å². The van der Waals surface area contributed by atoms with Crippen LogP contribution in [0.4, 0.5) is 17.6 Å². The fraction of sp³-hybridized carbons (Fsp3) is 0.667. The van der Waals surface area contributed by atoms with Gasteiger partial charge in [0.2, 0.25) is 0 Å². The number of rotatable bonds is 2. The van der Waals surface area contributed by atoms with Crippen LogP contribution in [0.5, 0.6) is 0 Å². The molecule has 5 heteroatoms. The monoisotopic (exact) mass is 149 g/mol. The zero-order valence-corrected chi connectivity index (χ0v) is 4.30. The van der Waals surface area contributed by atoms with Crippen molar-refractivity contribution in [2.24, 2.45) is 0 Å². The second-order valence-electron chi connectivity index (χ2n) is 1.08.